The van der Waals surface area contributed by atoms with Gasteiger partial charge in [-0.15, -0.1) is 0 Å². The second-order valence-electron chi connectivity index (χ2n) is 5.88. The van der Waals surface area contributed by atoms with Crippen LogP contribution in [0.2, 0.25) is 0 Å². The van der Waals surface area contributed by atoms with E-state index in [1.54, 1.807) is 12.4 Å². The minimum absolute atomic E-state index is 0.0656. The van der Waals surface area contributed by atoms with Gasteiger partial charge in [0, 0.05) is 18.1 Å². The van der Waals surface area contributed by atoms with Crippen LogP contribution in [-0.4, -0.2) is 20.7 Å². The zero-order chi connectivity index (χ0) is 14.8. The molecule has 106 valence electrons. The first kappa shape index (κ1) is 14.2. The number of aromatic nitrogens is 3. The summed E-state index contributed by atoms with van der Waals surface area (Å²) in [6.45, 7) is 8.10. The van der Waals surface area contributed by atoms with Crippen LogP contribution in [0.25, 0.3) is 0 Å². The molecule has 0 aromatic carbocycles. The topological polar surface area (TPSA) is 59.8 Å². The average molecular weight is 272 g/mol. The smallest absolute Gasteiger partial charge is 0.228 e. The Hall–Kier alpha value is -2.17. The Morgan fingerprint density at radius 3 is 2.60 bits per heavy atom. The summed E-state index contributed by atoms with van der Waals surface area (Å²) in [5.41, 5.74) is 2.46. The number of hydrogen-bond acceptors (Lipinski definition) is 3. The number of carbonyl (C=O) groups excluding carboxylic acids is 1. The van der Waals surface area contributed by atoms with Gasteiger partial charge in [-0.05, 0) is 39.3 Å². The van der Waals surface area contributed by atoms with Gasteiger partial charge in [0.1, 0.15) is 0 Å². The highest BCUT2D eigenvalue weighted by Gasteiger charge is 2.14. The molecule has 0 aliphatic carbocycles. The molecule has 2 rings (SSSR count). The van der Waals surface area contributed by atoms with E-state index in [1.165, 1.54) is 0 Å². The van der Waals surface area contributed by atoms with E-state index in [1.807, 2.05) is 29.9 Å². The quantitative estimate of drug-likeness (QED) is 0.934. The summed E-state index contributed by atoms with van der Waals surface area (Å²) >= 11 is 0. The Bertz CT molecular complexity index is 593. The molecule has 0 saturated carbocycles. The van der Waals surface area contributed by atoms with Crippen molar-refractivity contribution >= 4 is 11.6 Å². The fourth-order valence-electron chi connectivity index (χ4n) is 1.75. The first-order chi connectivity index (χ1) is 9.34. The van der Waals surface area contributed by atoms with Crippen molar-refractivity contribution in [1.82, 2.24) is 14.8 Å². The number of nitrogens with one attached hydrogen (secondary N) is 1. The summed E-state index contributed by atoms with van der Waals surface area (Å²) in [6, 6.07) is 3.82. The van der Waals surface area contributed by atoms with Crippen molar-refractivity contribution in [3.8, 4) is 0 Å². The van der Waals surface area contributed by atoms with Gasteiger partial charge in [0.15, 0.2) is 0 Å². The molecule has 1 N–H and O–H groups in total. The Kier molecular flexibility index (Phi) is 3.88. The predicted octanol–water partition coefficient (Wildman–Crippen LogP) is 2.52. The number of hydrogen-bond donors (Lipinski definition) is 1. The molecule has 0 atom stereocenters. The van der Waals surface area contributed by atoms with Gasteiger partial charge in [-0.1, -0.05) is 6.07 Å². The predicted molar refractivity (Wildman–Crippen MR) is 78.5 cm³/mol. The monoisotopic (exact) mass is 272 g/mol. The second-order valence-corrected chi connectivity index (χ2v) is 5.88. The van der Waals surface area contributed by atoms with Crippen LogP contribution in [0.1, 0.15) is 32.0 Å². The fraction of sp³-hybridized carbons (Fsp3) is 0.400. The molecular weight excluding hydrogens is 252 g/mol. The van der Waals surface area contributed by atoms with Crippen LogP contribution < -0.4 is 5.32 Å². The van der Waals surface area contributed by atoms with Crippen LogP contribution in [0.3, 0.4) is 0 Å². The van der Waals surface area contributed by atoms with E-state index in [9.17, 15) is 4.79 Å². The van der Waals surface area contributed by atoms with Crippen molar-refractivity contribution in [2.45, 2.75) is 39.7 Å². The number of carbonyl (C=O) groups is 1. The molecule has 0 bridgehead atoms. The van der Waals surface area contributed by atoms with Crippen molar-refractivity contribution in [3.63, 3.8) is 0 Å². The average Bonchev–Trinajstić information content (AvgIpc) is 2.80. The van der Waals surface area contributed by atoms with Gasteiger partial charge in [0.25, 0.3) is 0 Å². The molecule has 2 aromatic heterocycles. The summed E-state index contributed by atoms with van der Waals surface area (Å²) in [7, 11) is 0. The van der Waals surface area contributed by atoms with E-state index >= 15 is 0 Å². The second kappa shape index (κ2) is 5.45. The number of pyridine rings is 1. The van der Waals surface area contributed by atoms with E-state index in [0.717, 1.165) is 11.3 Å². The zero-order valence-electron chi connectivity index (χ0n) is 12.3. The van der Waals surface area contributed by atoms with Crippen molar-refractivity contribution in [3.05, 3.63) is 42.0 Å². The Morgan fingerprint density at radius 2 is 2.05 bits per heavy atom. The number of amides is 1. The number of nitrogens with zero attached hydrogens (tertiary/aromatic N) is 3. The molecule has 0 radical (unpaired) electrons. The molecule has 0 fully saturated rings. The van der Waals surface area contributed by atoms with E-state index in [4.69, 9.17) is 0 Å². The van der Waals surface area contributed by atoms with Crippen LogP contribution in [0.4, 0.5) is 5.69 Å². The molecule has 0 unspecified atom stereocenters. The van der Waals surface area contributed by atoms with Gasteiger partial charge in [-0.25, -0.2) is 0 Å². The lowest BCUT2D eigenvalue weighted by molar-refractivity contribution is -0.115. The maximum Gasteiger partial charge on any atom is 0.228 e. The van der Waals surface area contributed by atoms with Gasteiger partial charge < -0.3 is 5.32 Å². The normalized spacial score (nSPS) is 11.4. The standard InChI is InChI=1S/C15H20N4O/c1-11-5-6-12(8-16-11)7-14(20)18-13-9-17-19(10-13)15(2,3)4/h5-6,8-10H,7H2,1-4H3,(H,18,20). The van der Waals surface area contributed by atoms with Crippen LogP contribution >= 0.6 is 0 Å². The summed E-state index contributed by atoms with van der Waals surface area (Å²) in [5.74, 6) is -0.0656. The maximum absolute atomic E-state index is 11.9. The molecule has 1 amide bonds. The molecule has 0 aliphatic heterocycles. The lowest BCUT2D eigenvalue weighted by Gasteiger charge is -2.18. The summed E-state index contributed by atoms with van der Waals surface area (Å²) in [4.78, 5) is 16.1. The largest absolute Gasteiger partial charge is 0.323 e. The molecule has 5 heteroatoms. The first-order valence-corrected chi connectivity index (χ1v) is 6.61. The van der Waals surface area contributed by atoms with Crippen LogP contribution in [0, 0.1) is 6.92 Å². The molecule has 20 heavy (non-hydrogen) atoms. The molecule has 2 heterocycles. The highest BCUT2D eigenvalue weighted by Crippen LogP contribution is 2.16. The van der Waals surface area contributed by atoms with Crippen LogP contribution in [-0.2, 0) is 16.8 Å². The summed E-state index contributed by atoms with van der Waals surface area (Å²) in [6.07, 6.45) is 5.54. The third-order valence-electron chi connectivity index (χ3n) is 2.89. The van der Waals surface area contributed by atoms with Crippen LogP contribution in [0.15, 0.2) is 30.7 Å². The zero-order valence-corrected chi connectivity index (χ0v) is 12.3. The van der Waals surface area contributed by atoms with Crippen molar-refractivity contribution in [1.29, 1.82) is 0 Å². The third kappa shape index (κ3) is 3.66. The summed E-state index contributed by atoms with van der Waals surface area (Å²) in [5, 5.41) is 7.10. The number of anilines is 1. The summed E-state index contributed by atoms with van der Waals surface area (Å²) < 4.78 is 1.83. The van der Waals surface area contributed by atoms with Crippen molar-refractivity contribution < 1.29 is 4.79 Å². The van der Waals surface area contributed by atoms with Gasteiger partial charge in [-0.2, -0.15) is 5.10 Å². The van der Waals surface area contributed by atoms with E-state index < -0.39 is 0 Å². The van der Waals surface area contributed by atoms with Crippen LogP contribution in [0.5, 0.6) is 0 Å². The third-order valence-corrected chi connectivity index (χ3v) is 2.89. The minimum atomic E-state index is -0.0934. The minimum Gasteiger partial charge on any atom is -0.323 e. The highest BCUT2D eigenvalue weighted by atomic mass is 16.1. The number of rotatable bonds is 3. The first-order valence-electron chi connectivity index (χ1n) is 6.61. The van der Waals surface area contributed by atoms with Crippen molar-refractivity contribution in [2.24, 2.45) is 0 Å². The van der Waals surface area contributed by atoms with Gasteiger partial charge in [0.2, 0.25) is 5.91 Å². The van der Waals surface area contributed by atoms with Gasteiger partial charge in [0.05, 0.1) is 23.8 Å². The SMILES string of the molecule is Cc1ccc(CC(=O)Nc2cnn(C(C)(C)C)c2)cn1. The lowest BCUT2D eigenvalue weighted by Crippen LogP contribution is -2.22. The molecule has 0 spiro atoms. The fourth-order valence-corrected chi connectivity index (χ4v) is 1.75. The van der Waals surface area contributed by atoms with Crippen molar-refractivity contribution in [2.75, 3.05) is 5.32 Å². The van der Waals surface area contributed by atoms with E-state index in [0.29, 0.717) is 12.1 Å². The molecule has 5 nitrogen and oxygen atoms in total. The Morgan fingerprint density at radius 1 is 1.30 bits per heavy atom. The lowest BCUT2D eigenvalue weighted by atomic mass is 10.1. The van der Waals surface area contributed by atoms with Gasteiger partial charge >= 0.3 is 0 Å². The Labute approximate surface area is 119 Å². The molecule has 0 aliphatic rings. The van der Waals surface area contributed by atoms with Gasteiger partial charge in [-0.3, -0.25) is 14.5 Å². The Balaban J connectivity index is 1.98. The van der Waals surface area contributed by atoms with E-state index in [2.05, 4.69) is 36.2 Å². The molecule has 2 aromatic rings. The van der Waals surface area contributed by atoms with E-state index in [-0.39, 0.29) is 11.4 Å². The molecular formula is C15H20N4O. The highest BCUT2D eigenvalue weighted by molar-refractivity contribution is 5.91. The number of aryl methyl sites for hydroxylation is 1. The molecule has 0 saturated heterocycles. The maximum atomic E-state index is 11.9.